The van der Waals surface area contributed by atoms with Crippen LogP contribution in [0.25, 0.3) is 22.7 Å². The van der Waals surface area contributed by atoms with Gasteiger partial charge in [-0.05, 0) is 28.1 Å². The molecule has 0 spiro atoms. The van der Waals surface area contributed by atoms with Gasteiger partial charge in [0.05, 0.1) is 10.8 Å². The van der Waals surface area contributed by atoms with Crippen molar-refractivity contribution >= 4 is 27.0 Å². The molecule has 0 aliphatic heterocycles. The van der Waals surface area contributed by atoms with E-state index in [2.05, 4.69) is 25.9 Å². The smallest absolute Gasteiger partial charge is 0.247 e. The number of imidazole rings is 1. The summed E-state index contributed by atoms with van der Waals surface area (Å²) in [6.07, 6.45) is 3.61. The third kappa shape index (κ3) is 1.93. The van der Waals surface area contributed by atoms with Crippen molar-refractivity contribution in [1.82, 2.24) is 14.5 Å². The molecule has 3 aromatic rings. The van der Waals surface area contributed by atoms with Gasteiger partial charge >= 0.3 is 0 Å². The molecule has 3 rings (SSSR count). The van der Waals surface area contributed by atoms with Crippen LogP contribution in [-0.4, -0.2) is 21.1 Å². The van der Waals surface area contributed by atoms with Gasteiger partial charge in [0.1, 0.15) is 11.2 Å². The summed E-state index contributed by atoms with van der Waals surface area (Å²) in [5, 5.41) is 0. The summed E-state index contributed by atoms with van der Waals surface area (Å²) >= 11 is 3.44. The summed E-state index contributed by atoms with van der Waals surface area (Å²) in [4.78, 5) is 8.68. The van der Waals surface area contributed by atoms with E-state index < -0.39 is 0 Å². The zero-order chi connectivity index (χ0) is 12.5. The van der Waals surface area contributed by atoms with Crippen LogP contribution in [0.4, 0.5) is 0 Å². The third-order valence-corrected chi connectivity index (χ3v) is 3.23. The van der Waals surface area contributed by atoms with E-state index in [0.29, 0.717) is 18.1 Å². The first-order valence-electron chi connectivity index (χ1n) is 5.55. The molecule has 5 nitrogen and oxygen atoms in total. The maximum absolute atomic E-state index is 5.71. The van der Waals surface area contributed by atoms with Crippen LogP contribution in [0.3, 0.4) is 0 Å². The molecule has 1 aromatic carbocycles. The Labute approximate surface area is 112 Å². The molecule has 0 unspecified atom stereocenters. The lowest BCUT2D eigenvalue weighted by molar-refractivity contribution is 0.615. The number of fused-ring (bicyclic) bond motifs is 1. The first-order chi connectivity index (χ1) is 8.78. The molecule has 2 N–H and O–H groups in total. The minimum absolute atomic E-state index is 0.521. The number of rotatable bonds is 3. The Balaban J connectivity index is 2.05. The molecule has 0 fully saturated rings. The van der Waals surface area contributed by atoms with Gasteiger partial charge in [0.25, 0.3) is 0 Å². The number of hydrogen-bond acceptors (Lipinski definition) is 4. The van der Waals surface area contributed by atoms with E-state index in [0.717, 1.165) is 22.1 Å². The molecule has 0 aliphatic rings. The second-order valence-electron chi connectivity index (χ2n) is 3.89. The second kappa shape index (κ2) is 4.55. The molecule has 0 bridgehead atoms. The predicted octanol–water partition coefficient (Wildman–Crippen LogP) is 2.41. The van der Waals surface area contributed by atoms with Gasteiger partial charge in [0, 0.05) is 19.3 Å². The molecule has 0 atom stereocenters. The van der Waals surface area contributed by atoms with Crippen molar-refractivity contribution in [2.45, 2.75) is 6.54 Å². The monoisotopic (exact) mass is 306 g/mol. The molecule has 0 saturated carbocycles. The summed E-state index contributed by atoms with van der Waals surface area (Å²) in [7, 11) is 0. The molecular formula is C12H11BrN4O. The maximum atomic E-state index is 5.71. The molecule has 0 amide bonds. The predicted molar refractivity (Wildman–Crippen MR) is 72.0 cm³/mol. The van der Waals surface area contributed by atoms with Gasteiger partial charge in [-0.25, -0.2) is 9.97 Å². The zero-order valence-corrected chi connectivity index (χ0v) is 11.1. The average Bonchev–Trinajstić information content (AvgIpc) is 2.96. The number of aromatic nitrogens is 3. The van der Waals surface area contributed by atoms with Gasteiger partial charge in [0.2, 0.25) is 5.89 Å². The van der Waals surface area contributed by atoms with Gasteiger partial charge in [-0.1, -0.05) is 6.07 Å². The van der Waals surface area contributed by atoms with E-state index in [4.69, 9.17) is 10.2 Å². The number of oxazole rings is 1. The van der Waals surface area contributed by atoms with Crippen LogP contribution >= 0.6 is 15.9 Å². The van der Waals surface area contributed by atoms with Gasteiger partial charge in [-0.2, -0.15) is 0 Å². The van der Waals surface area contributed by atoms with Crippen molar-refractivity contribution in [2.75, 3.05) is 6.54 Å². The van der Waals surface area contributed by atoms with Crippen LogP contribution in [0.2, 0.25) is 0 Å². The Hall–Kier alpha value is -1.66. The minimum Gasteiger partial charge on any atom is -0.433 e. The lowest BCUT2D eigenvalue weighted by Crippen LogP contribution is -2.07. The van der Waals surface area contributed by atoms with E-state index in [9.17, 15) is 0 Å². The normalized spacial score (nSPS) is 11.2. The fourth-order valence-electron chi connectivity index (χ4n) is 1.77. The highest BCUT2D eigenvalue weighted by molar-refractivity contribution is 9.10. The van der Waals surface area contributed by atoms with E-state index in [1.54, 1.807) is 6.33 Å². The van der Waals surface area contributed by atoms with Crippen LogP contribution in [0, 0.1) is 0 Å². The van der Waals surface area contributed by atoms with E-state index >= 15 is 0 Å². The molecular weight excluding hydrogens is 296 g/mol. The molecule has 0 saturated heterocycles. The summed E-state index contributed by atoms with van der Waals surface area (Å²) < 4.78 is 8.52. The molecule has 0 radical (unpaired) electrons. The Bertz CT molecular complexity index is 688. The van der Waals surface area contributed by atoms with Crippen molar-refractivity contribution in [3.8, 4) is 11.6 Å². The number of hydrogen-bond donors (Lipinski definition) is 1. The van der Waals surface area contributed by atoms with Crippen molar-refractivity contribution < 1.29 is 4.42 Å². The molecule has 2 aromatic heterocycles. The molecule has 0 aliphatic carbocycles. The topological polar surface area (TPSA) is 69.9 Å². The van der Waals surface area contributed by atoms with Gasteiger partial charge in [-0.15, -0.1) is 0 Å². The van der Waals surface area contributed by atoms with Crippen molar-refractivity contribution in [3.63, 3.8) is 0 Å². The number of benzene rings is 1. The number of para-hydroxylation sites is 1. The lowest BCUT2D eigenvalue weighted by Gasteiger charge is -1.94. The summed E-state index contributed by atoms with van der Waals surface area (Å²) in [5.74, 6) is 0.521. The van der Waals surface area contributed by atoms with Crippen LogP contribution in [0.1, 0.15) is 0 Å². The standard InChI is InChI=1S/C12H11BrN4O/c13-8-2-1-3-9-11(8)18-12(16-9)10-6-17(5-4-14)7-15-10/h1-3,6-7H,4-5,14H2. The fourth-order valence-corrected chi connectivity index (χ4v) is 2.20. The largest absolute Gasteiger partial charge is 0.433 e. The number of nitrogens with two attached hydrogens (primary N) is 1. The SMILES string of the molecule is NCCn1cnc(-c2nc3cccc(Br)c3o2)c1. The van der Waals surface area contributed by atoms with E-state index in [1.165, 1.54) is 0 Å². The minimum atomic E-state index is 0.521. The Morgan fingerprint density at radius 1 is 1.39 bits per heavy atom. The second-order valence-corrected chi connectivity index (χ2v) is 4.75. The molecule has 2 heterocycles. The van der Waals surface area contributed by atoms with Gasteiger partial charge in [-0.3, -0.25) is 0 Å². The lowest BCUT2D eigenvalue weighted by atomic mass is 10.3. The number of halogens is 1. The maximum Gasteiger partial charge on any atom is 0.247 e. The van der Waals surface area contributed by atoms with Gasteiger partial charge in [0.15, 0.2) is 5.58 Å². The quantitative estimate of drug-likeness (QED) is 0.806. The number of nitrogens with zero attached hydrogens (tertiary/aromatic N) is 3. The molecule has 18 heavy (non-hydrogen) atoms. The Kier molecular flexibility index (Phi) is 2.89. The van der Waals surface area contributed by atoms with Gasteiger partial charge < -0.3 is 14.7 Å². The highest BCUT2D eigenvalue weighted by atomic mass is 79.9. The van der Waals surface area contributed by atoms with Crippen molar-refractivity contribution in [3.05, 3.63) is 35.2 Å². The Morgan fingerprint density at radius 3 is 3.06 bits per heavy atom. The Morgan fingerprint density at radius 2 is 2.28 bits per heavy atom. The van der Waals surface area contributed by atoms with Crippen LogP contribution in [-0.2, 0) is 6.54 Å². The summed E-state index contributed by atoms with van der Waals surface area (Å²) in [5.41, 5.74) is 7.76. The first-order valence-corrected chi connectivity index (χ1v) is 6.34. The third-order valence-electron chi connectivity index (χ3n) is 2.61. The average molecular weight is 307 g/mol. The fraction of sp³-hybridized carbons (Fsp3) is 0.167. The van der Waals surface area contributed by atoms with Crippen molar-refractivity contribution in [1.29, 1.82) is 0 Å². The highest BCUT2D eigenvalue weighted by Crippen LogP contribution is 2.28. The first kappa shape index (κ1) is 11.4. The van der Waals surface area contributed by atoms with Crippen LogP contribution < -0.4 is 5.73 Å². The summed E-state index contributed by atoms with van der Waals surface area (Å²) in [6.45, 7) is 1.31. The highest BCUT2D eigenvalue weighted by Gasteiger charge is 2.12. The molecule has 6 heteroatoms. The molecule has 92 valence electrons. The van der Waals surface area contributed by atoms with E-state index in [1.807, 2.05) is 29.0 Å². The van der Waals surface area contributed by atoms with Crippen LogP contribution in [0.15, 0.2) is 39.6 Å². The summed E-state index contributed by atoms with van der Waals surface area (Å²) in [6, 6.07) is 5.75. The van der Waals surface area contributed by atoms with E-state index in [-0.39, 0.29) is 0 Å². The van der Waals surface area contributed by atoms with Crippen LogP contribution in [0.5, 0.6) is 0 Å². The van der Waals surface area contributed by atoms with Crippen molar-refractivity contribution in [2.24, 2.45) is 5.73 Å². The zero-order valence-electron chi connectivity index (χ0n) is 9.51.